The molecule has 0 unspecified atom stereocenters. The van der Waals surface area contributed by atoms with E-state index < -0.39 is 10.0 Å². The molecular formula is C21H32N4O4S2. The molecule has 1 amide bonds. The molecule has 31 heavy (non-hydrogen) atoms. The number of rotatable bonds is 10. The first-order valence-electron chi connectivity index (χ1n) is 10.9. The molecule has 3 rings (SSSR count). The molecule has 1 saturated heterocycles. The van der Waals surface area contributed by atoms with E-state index in [1.807, 2.05) is 32.3 Å². The van der Waals surface area contributed by atoms with Crippen molar-refractivity contribution in [2.75, 3.05) is 26.2 Å². The van der Waals surface area contributed by atoms with Gasteiger partial charge in [0.25, 0.3) is 0 Å². The minimum atomic E-state index is -3.55. The number of sulfonamides is 1. The van der Waals surface area contributed by atoms with Crippen LogP contribution in [0.1, 0.15) is 40.5 Å². The highest BCUT2D eigenvalue weighted by Gasteiger charge is 2.24. The first-order chi connectivity index (χ1) is 14.8. The van der Waals surface area contributed by atoms with Gasteiger partial charge >= 0.3 is 0 Å². The number of aryl methyl sites for hydroxylation is 1. The molecule has 0 aliphatic carbocycles. The number of amides is 1. The molecule has 2 heterocycles. The Bertz CT molecular complexity index is 1010. The van der Waals surface area contributed by atoms with E-state index in [1.54, 1.807) is 18.2 Å². The third-order valence-corrected chi connectivity index (χ3v) is 8.66. The summed E-state index contributed by atoms with van der Waals surface area (Å²) in [6.07, 6.45) is 2.12. The van der Waals surface area contributed by atoms with Gasteiger partial charge in [-0.2, -0.15) is 4.31 Å². The molecule has 0 bridgehead atoms. The van der Waals surface area contributed by atoms with Crippen molar-refractivity contribution in [3.63, 3.8) is 0 Å². The summed E-state index contributed by atoms with van der Waals surface area (Å²) < 4.78 is 34.7. The second kappa shape index (κ2) is 10.3. The van der Waals surface area contributed by atoms with Gasteiger partial charge in [0.15, 0.2) is 5.16 Å². The van der Waals surface area contributed by atoms with Crippen molar-refractivity contribution >= 4 is 38.7 Å². The quantitative estimate of drug-likeness (QED) is 0.539. The molecule has 8 nitrogen and oxygen atoms in total. The number of imidazole rings is 1. The maximum absolute atomic E-state index is 12.9. The van der Waals surface area contributed by atoms with Gasteiger partial charge in [0.2, 0.25) is 15.9 Å². The average molecular weight is 469 g/mol. The fraction of sp³-hybridized carbons (Fsp3) is 0.619. The number of hydrogen-bond donors (Lipinski definition) is 1. The third kappa shape index (κ3) is 5.24. The second-order valence-corrected chi connectivity index (χ2v) is 10.8. The first kappa shape index (κ1) is 24.0. The number of carbonyl (C=O) groups is 1. The number of aromatic nitrogens is 2. The molecule has 1 N–H and O–H groups in total. The summed E-state index contributed by atoms with van der Waals surface area (Å²) in [5.41, 5.74) is 1.47. The highest BCUT2D eigenvalue weighted by atomic mass is 32.2. The molecule has 1 fully saturated rings. The maximum atomic E-state index is 12.9. The van der Waals surface area contributed by atoms with Crippen LogP contribution >= 0.6 is 11.8 Å². The Morgan fingerprint density at radius 2 is 2.10 bits per heavy atom. The number of nitrogens with one attached hydrogen (secondary N) is 1. The van der Waals surface area contributed by atoms with E-state index in [0.29, 0.717) is 36.9 Å². The summed E-state index contributed by atoms with van der Waals surface area (Å²) in [7, 11) is -3.55. The number of fused-ring (bicyclic) bond motifs is 1. The normalized spacial score (nSPS) is 18.0. The molecule has 1 aromatic carbocycles. The van der Waals surface area contributed by atoms with Gasteiger partial charge in [-0.3, -0.25) is 4.79 Å². The highest BCUT2D eigenvalue weighted by molar-refractivity contribution is 8.00. The zero-order valence-electron chi connectivity index (χ0n) is 18.6. The largest absolute Gasteiger partial charge is 0.376 e. The Kier molecular flexibility index (Phi) is 8.01. The summed E-state index contributed by atoms with van der Waals surface area (Å²) >= 11 is 1.38. The number of ether oxygens (including phenoxy) is 1. The van der Waals surface area contributed by atoms with Gasteiger partial charge in [0.1, 0.15) is 0 Å². The van der Waals surface area contributed by atoms with E-state index in [-0.39, 0.29) is 22.2 Å². The Balaban J connectivity index is 1.79. The van der Waals surface area contributed by atoms with E-state index in [4.69, 9.17) is 4.74 Å². The molecule has 1 aliphatic rings. The summed E-state index contributed by atoms with van der Waals surface area (Å²) in [5.74, 6) is -0.0555. The Morgan fingerprint density at radius 3 is 2.71 bits per heavy atom. The van der Waals surface area contributed by atoms with E-state index in [2.05, 4.69) is 10.3 Å². The monoisotopic (exact) mass is 468 g/mol. The van der Waals surface area contributed by atoms with Crippen LogP contribution in [0.5, 0.6) is 0 Å². The Labute approximate surface area is 188 Å². The van der Waals surface area contributed by atoms with E-state index >= 15 is 0 Å². The molecule has 0 spiro atoms. The molecule has 2 atom stereocenters. The molecule has 2 aromatic rings. The van der Waals surface area contributed by atoms with Crippen LogP contribution in [0.3, 0.4) is 0 Å². The van der Waals surface area contributed by atoms with Crippen molar-refractivity contribution in [3.8, 4) is 0 Å². The van der Waals surface area contributed by atoms with Gasteiger partial charge < -0.3 is 14.6 Å². The fourth-order valence-electron chi connectivity index (χ4n) is 3.73. The summed E-state index contributed by atoms with van der Waals surface area (Å²) in [6.45, 7) is 10.3. The predicted octanol–water partition coefficient (Wildman–Crippen LogP) is 2.86. The number of thioether (sulfide) groups is 1. The first-order valence-corrected chi connectivity index (χ1v) is 13.2. The van der Waals surface area contributed by atoms with Crippen LogP contribution in [-0.2, 0) is 26.1 Å². The van der Waals surface area contributed by atoms with Gasteiger partial charge in [-0.1, -0.05) is 25.6 Å². The molecule has 10 heteroatoms. The lowest BCUT2D eigenvalue weighted by Crippen LogP contribution is -2.36. The van der Waals surface area contributed by atoms with E-state index in [1.165, 1.54) is 16.1 Å². The topological polar surface area (TPSA) is 93.5 Å². The van der Waals surface area contributed by atoms with Crippen LogP contribution < -0.4 is 5.32 Å². The van der Waals surface area contributed by atoms with Crippen LogP contribution in [0.4, 0.5) is 0 Å². The van der Waals surface area contributed by atoms with Crippen molar-refractivity contribution in [2.45, 2.75) is 68.5 Å². The van der Waals surface area contributed by atoms with Gasteiger partial charge in [0.05, 0.1) is 27.3 Å². The smallest absolute Gasteiger partial charge is 0.243 e. The van der Waals surface area contributed by atoms with Crippen LogP contribution in [0, 0.1) is 0 Å². The third-order valence-electron chi connectivity index (χ3n) is 5.52. The molecule has 0 radical (unpaired) electrons. The molecule has 1 aromatic heterocycles. The molecule has 1 aliphatic heterocycles. The number of nitrogens with zero attached hydrogens (tertiary/aromatic N) is 3. The summed E-state index contributed by atoms with van der Waals surface area (Å²) in [6, 6.07) is 5.06. The van der Waals surface area contributed by atoms with Crippen molar-refractivity contribution in [2.24, 2.45) is 0 Å². The van der Waals surface area contributed by atoms with Crippen molar-refractivity contribution < 1.29 is 17.9 Å². The highest BCUT2D eigenvalue weighted by Crippen LogP contribution is 2.29. The van der Waals surface area contributed by atoms with Crippen molar-refractivity contribution in [3.05, 3.63) is 18.2 Å². The zero-order chi connectivity index (χ0) is 22.6. The van der Waals surface area contributed by atoms with Crippen LogP contribution in [-0.4, -0.2) is 65.8 Å². The lowest BCUT2D eigenvalue weighted by Gasteiger charge is -2.18. The van der Waals surface area contributed by atoms with Gasteiger partial charge in [-0.25, -0.2) is 13.4 Å². The van der Waals surface area contributed by atoms with Crippen molar-refractivity contribution in [1.29, 1.82) is 0 Å². The van der Waals surface area contributed by atoms with Crippen LogP contribution in [0.2, 0.25) is 0 Å². The minimum absolute atomic E-state index is 0.0555. The van der Waals surface area contributed by atoms with Crippen LogP contribution in [0.15, 0.2) is 28.3 Å². The standard InChI is InChI=1S/C21H32N4O4S2/c1-5-24(6-2)31(27,28)17-10-11-19-18(13-17)23-21(25(19)7-3)30-15(4)20(26)22-14-16-9-8-12-29-16/h10-11,13,15-16H,5-9,12,14H2,1-4H3,(H,22,26)/t15-,16+/m1/s1. The lowest BCUT2D eigenvalue weighted by atomic mass is 10.2. The fourth-order valence-corrected chi connectivity index (χ4v) is 6.22. The van der Waals surface area contributed by atoms with E-state index in [0.717, 1.165) is 25.0 Å². The molecule has 172 valence electrons. The Hall–Kier alpha value is -1.62. The van der Waals surface area contributed by atoms with E-state index in [9.17, 15) is 13.2 Å². The zero-order valence-corrected chi connectivity index (χ0v) is 20.3. The average Bonchev–Trinajstić information content (AvgIpc) is 3.39. The summed E-state index contributed by atoms with van der Waals surface area (Å²) in [5, 5.41) is 3.34. The van der Waals surface area contributed by atoms with Gasteiger partial charge in [0, 0.05) is 32.8 Å². The second-order valence-electron chi connectivity index (χ2n) is 7.52. The molecular weight excluding hydrogens is 436 g/mol. The van der Waals surface area contributed by atoms with Crippen LogP contribution in [0.25, 0.3) is 11.0 Å². The van der Waals surface area contributed by atoms with Gasteiger partial charge in [-0.15, -0.1) is 0 Å². The number of benzene rings is 1. The number of hydrogen-bond acceptors (Lipinski definition) is 6. The van der Waals surface area contributed by atoms with Gasteiger partial charge in [-0.05, 0) is 44.9 Å². The predicted molar refractivity (Wildman–Crippen MR) is 123 cm³/mol. The minimum Gasteiger partial charge on any atom is -0.376 e. The lowest BCUT2D eigenvalue weighted by molar-refractivity contribution is -0.120. The molecule has 0 saturated carbocycles. The number of carbonyl (C=O) groups excluding carboxylic acids is 1. The Morgan fingerprint density at radius 1 is 1.35 bits per heavy atom. The SMILES string of the molecule is CCN(CC)S(=O)(=O)c1ccc2c(c1)nc(S[C@H](C)C(=O)NC[C@@H]1CCCO1)n2CC. The summed E-state index contributed by atoms with van der Waals surface area (Å²) in [4.78, 5) is 17.4. The van der Waals surface area contributed by atoms with Crippen molar-refractivity contribution in [1.82, 2.24) is 19.2 Å². The maximum Gasteiger partial charge on any atom is 0.243 e.